The molecule has 1 aromatic carbocycles. The fourth-order valence-electron chi connectivity index (χ4n) is 5.38. The maximum absolute atomic E-state index is 12.7. The van der Waals surface area contributed by atoms with Crippen LogP contribution in [0.4, 0.5) is 10.5 Å². The summed E-state index contributed by atoms with van der Waals surface area (Å²) in [7, 11) is 0. The molecule has 2 aliphatic heterocycles. The van der Waals surface area contributed by atoms with Crippen molar-refractivity contribution in [1.82, 2.24) is 14.8 Å². The number of likely N-dealkylation sites (tertiary alicyclic amines) is 2. The monoisotopic (exact) mass is 432 g/mol. The molecule has 0 spiro atoms. The second-order valence-corrected chi connectivity index (χ2v) is 9.52. The molecule has 2 aromatic rings. The molecule has 1 N–H and O–H groups in total. The minimum absolute atomic E-state index is 0.0448. The molecule has 5 rings (SSSR count). The zero-order chi connectivity index (χ0) is 21.9. The van der Waals surface area contributed by atoms with E-state index in [4.69, 9.17) is 0 Å². The van der Waals surface area contributed by atoms with E-state index in [1.54, 1.807) is 6.20 Å². The van der Waals surface area contributed by atoms with E-state index in [0.29, 0.717) is 17.7 Å². The zero-order valence-electron chi connectivity index (χ0n) is 18.6. The lowest BCUT2D eigenvalue weighted by Crippen LogP contribution is -2.50. The van der Waals surface area contributed by atoms with Gasteiger partial charge in [-0.15, -0.1) is 0 Å². The number of benzene rings is 1. The summed E-state index contributed by atoms with van der Waals surface area (Å²) >= 11 is 0. The predicted molar refractivity (Wildman–Crippen MR) is 125 cm³/mol. The fraction of sp³-hybridized carbons (Fsp3) is 0.500. The van der Waals surface area contributed by atoms with Crippen LogP contribution in [-0.4, -0.2) is 52.9 Å². The van der Waals surface area contributed by atoms with Gasteiger partial charge in [-0.3, -0.25) is 9.78 Å². The molecular weight excluding hydrogens is 400 g/mol. The van der Waals surface area contributed by atoms with Gasteiger partial charge in [0.05, 0.1) is 0 Å². The van der Waals surface area contributed by atoms with Gasteiger partial charge in [-0.1, -0.05) is 31.0 Å². The molecule has 3 fully saturated rings. The molecule has 0 bridgehead atoms. The summed E-state index contributed by atoms with van der Waals surface area (Å²) in [4.78, 5) is 33.3. The predicted octanol–water partition coefficient (Wildman–Crippen LogP) is 4.61. The number of carbonyl (C=O) groups is 2. The lowest BCUT2D eigenvalue weighted by Gasteiger charge is -2.39. The second-order valence-electron chi connectivity index (χ2n) is 9.52. The van der Waals surface area contributed by atoms with Gasteiger partial charge < -0.3 is 15.1 Å². The number of urea groups is 1. The Morgan fingerprint density at radius 3 is 2.22 bits per heavy atom. The van der Waals surface area contributed by atoms with Crippen LogP contribution >= 0.6 is 0 Å². The number of nitrogens with zero attached hydrogens (tertiary/aromatic N) is 3. The van der Waals surface area contributed by atoms with Crippen molar-refractivity contribution in [2.24, 2.45) is 5.92 Å². The van der Waals surface area contributed by atoms with Crippen molar-refractivity contribution in [2.45, 2.75) is 50.4 Å². The Labute approximate surface area is 190 Å². The van der Waals surface area contributed by atoms with Gasteiger partial charge in [0.25, 0.3) is 0 Å². The van der Waals surface area contributed by atoms with E-state index in [-0.39, 0.29) is 11.9 Å². The van der Waals surface area contributed by atoms with Crippen molar-refractivity contribution >= 4 is 17.6 Å². The van der Waals surface area contributed by atoms with E-state index in [0.717, 1.165) is 57.5 Å². The maximum atomic E-state index is 12.7. The Kier molecular flexibility index (Phi) is 6.10. The topological polar surface area (TPSA) is 65.5 Å². The molecular formula is C26H32N4O2. The highest BCUT2D eigenvalue weighted by molar-refractivity contribution is 5.90. The van der Waals surface area contributed by atoms with Gasteiger partial charge in [-0.2, -0.15) is 0 Å². The molecule has 1 saturated carbocycles. The van der Waals surface area contributed by atoms with E-state index in [9.17, 15) is 9.59 Å². The second kappa shape index (κ2) is 9.31. The Morgan fingerprint density at radius 2 is 1.56 bits per heavy atom. The van der Waals surface area contributed by atoms with Crippen molar-refractivity contribution in [1.29, 1.82) is 0 Å². The van der Waals surface area contributed by atoms with Crippen LogP contribution in [0.1, 0.15) is 61.5 Å². The van der Waals surface area contributed by atoms with Crippen LogP contribution in [0.25, 0.3) is 0 Å². The SMILES string of the molecule is O=C(Nc1ccc(C2CCN(C(=O)C3CCCC3)CC2)cc1)N1CC(c2cccnc2)C1. The number of rotatable bonds is 4. The molecule has 3 aliphatic rings. The Morgan fingerprint density at radius 1 is 0.844 bits per heavy atom. The first-order valence-electron chi connectivity index (χ1n) is 12.0. The van der Waals surface area contributed by atoms with Crippen LogP contribution in [0.2, 0.25) is 0 Å². The molecule has 1 aromatic heterocycles. The van der Waals surface area contributed by atoms with Gasteiger partial charge in [-0.05, 0) is 60.9 Å². The third-order valence-electron chi connectivity index (χ3n) is 7.47. The van der Waals surface area contributed by atoms with Gasteiger partial charge >= 0.3 is 6.03 Å². The molecule has 6 heteroatoms. The number of piperidine rings is 1. The highest BCUT2D eigenvalue weighted by atomic mass is 16.2. The van der Waals surface area contributed by atoms with E-state index >= 15 is 0 Å². The first kappa shape index (κ1) is 21.0. The fourth-order valence-corrected chi connectivity index (χ4v) is 5.38. The third kappa shape index (κ3) is 4.50. The Bertz CT molecular complexity index is 926. The third-order valence-corrected chi connectivity index (χ3v) is 7.47. The number of hydrogen-bond acceptors (Lipinski definition) is 3. The molecule has 3 amide bonds. The summed E-state index contributed by atoms with van der Waals surface area (Å²) in [6, 6.07) is 12.2. The summed E-state index contributed by atoms with van der Waals surface area (Å²) in [5.74, 6) is 1.53. The average Bonchev–Trinajstić information content (AvgIpc) is 3.34. The van der Waals surface area contributed by atoms with E-state index in [1.165, 1.54) is 24.0 Å². The van der Waals surface area contributed by atoms with Crippen molar-refractivity contribution in [2.75, 3.05) is 31.5 Å². The molecule has 0 radical (unpaired) electrons. The highest BCUT2D eigenvalue weighted by Gasteiger charge is 2.32. The van der Waals surface area contributed by atoms with Crippen LogP contribution in [0.15, 0.2) is 48.8 Å². The summed E-state index contributed by atoms with van der Waals surface area (Å²) in [6.07, 6.45) is 10.3. The molecule has 168 valence electrons. The van der Waals surface area contributed by atoms with E-state index < -0.39 is 0 Å². The first-order chi connectivity index (χ1) is 15.7. The summed E-state index contributed by atoms with van der Waals surface area (Å²) < 4.78 is 0. The number of aromatic nitrogens is 1. The number of amides is 3. The number of anilines is 1. The van der Waals surface area contributed by atoms with Crippen LogP contribution in [0.3, 0.4) is 0 Å². The van der Waals surface area contributed by atoms with Crippen LogP contribution < -0.4 is 5.32 Å². The standard InChI is InChI=1S/C26H32N4O2/c31-25(21-4-1-2-5-21)29-14-11-20(12-15-29)19-7-9-24(10-8-19)28-26(32)30-17-23(18-30)22-6-3-13-27-16-22/h3,6-10,13,16,20-21,23H,1-2,4-5,11-12,14-15,17-18H2,(H,28,32). The van der Waals surface area contributed by atoms with Crippen molar-refractivity contribution in [3.8, 4) is 0 Å². The van der Waals surface area contributed by atoms with Crippen molar-refractivity contribution in [3.63, 3.8) is 0 Å². The summed E-state index contributed by atoms with van der Waals surface area (Å²) in [5, 5.41) is 3.02. The lowest BCUT2D eigenvalue weighted by atomic mass is 9.88. The van der Waals surface area contributed by atoms with Crippen molar-refractivity contribution in [3.05, 3.63) is 59.9 Å². The Balaban J connectivity index is 1.09. The first-order valence-corrected chi connectivity index (χ1v) is 12.0. The van der Waals surface area contributed by atoms with Gasteiger partial charge in [0.1, 0.15) is 0 Å². The van der Waals surface area contributed by atoms with Crippen LogP contribution in [-0.2, 0) is 4.79 Å². The maximum Gasteiger partial charge on any atom is 0.321 e. The highest BCUT2D eigenvalue weighted by Crippen LogP contribution is 2.32. The molecule has 32 heavy (non-hydrogen) atoms. The van der Waals surface area contributed by atoms with Crippen LogP contribution in [0, 0.1) is 5.92 Å². The van der Waals surface area contributed by atoms with Crippen molar-refractivity contribution < 1.29 is 9.59 Å². The smallest absolute Gasteiger partial charge is 0.321 e. The van der Waals surface area contributed by atoms with Gasteiger partial charge in [0.15, 0.2) is 0 Å². The Hall–Kier alpha value is -2.89. The quantitative estimate of drug-likeness (QED) is 0.767. The molecule has 0 atom stereocenters. The summed E-state index contributed by atoms with van der Waals surface area (Å²) in [6.45, 7) is 3.19. The number of hydrogen-bond donors (Lipinski definition) is 1. The number of pyridine rings is 1. The zero-order valence-corrected chi connectivity index (χ0v) is 18.6. The molecule has 6 nitrogen and oxygen atoms in total. The van der Waals surface area contributed by atoms with Gasteiger partial charge in [0, 0.05) is 56.1 Å². The molecule has 0 unspecified atom stereocenters. The normalized spacial score (nSPS) is 20.2. The minimum Gasteiger partial charge on any atom is -0.342 e. The molecule has 1 aliphatic carbocycles. The van der Waals surface area contributed by atoms with Crippen LogP contribution in [0.5, 0.6) is 0 Å². The minimum atomic E-state index is -0.0448. The molecule has 3 heterocycles. The number of nitrogens with one attached hydrogen (secondary N) is 1. The van der Waals surface area contributed by atoms with Gasteiger partial charge in [0.2, 0.25) is 5.91 Å². The summed E-state index contributed by atoms with van der Waals surface area (Å²) in [5.41, 5.74) is 3.32. The largest absolute Gasteiger partial charge is 0.342 e. The van der Waals surface area contributed by atoms with E-state index in [1.807, 2.05) is 29.3 Å². The average molecular weight is 433 g/mol. The van der Waals surface area contributed by atoms with E-state index in [2.05, 4.69) is 33.4 Å². The molecule has 2 saturated heterocycles. The lowest BCUT2D eigenvalue weighted by molar-refractivity contribution is -0.136. The van der Waals surface area contributed by atoms with Gasteiger partial charge in [-0.25, -0.2) is 4.79 Å². The number of carbonyl (C=O) groups excluding carboxylic acids is 2.